The van der Waals surface area contributed by atoms with Crippen LogP contribution in [0.2, 0.25) is 0 Å². The maximum absolute atomic E-state index is 13.5. The number of benzene rings is 2. The van der Waals surface area contributed by atoms with Gasteiger partial charge in [0.15, 0.2) is 5.13 Å². The van der Waals surface area contributed by atoms with Gasteiger partial charge in [-0.2, -0.15) is 0 Å². The minimum absolute atomic E-state index is 0.00574. The van der Waals surface area contributed by atoms with Gasteiger partial charge in [0.1, 0.15) is 18.1 Å². The predicted molar refractivity (Wildman–Crippen MR) is 229 cm³/mol. The van der Waals surface area contributed by atoms with Gasteiger partial charge in [-0.25, -0.2) is 9.97 Å². The third-order valence-electron chi connectivity index (χ3n) is 10.4. The number of aldehydes is 1. The zero-order valence-electron chi connectivity index (χ0n) is 34.5. The molecule has 4 aromatic rings. The molecular weight excluding hydrogens is 755 g/mol. The summed E-state index contributed by atoms with van der Waals surface area (Å²) in [6.45, 7) is 16.1. The molecule has 1 fully saturated rings. The molecule has 2 N–H and O–H groups in total. The van der Waals surface area contributed by atoms with E-state index in [1.807, 2.05) is 85.0 Å². The number of hydrogen-bond acceptors (Lipinski definition) is 12. The number of carbonyl (C=O) groups excluding carboxylic acids is 3. The highest BCUT2D eigenvalue weighted by Gasteiger charge is 2.27. The molecule has 0 spiro atoms. The second kappa shape index (κ2) is 22.5. The summed E-state index contributed by atoms with van der Waals surface area (Å²) >= 11 is 1.37. The standard InChI is InChI=1S/C44H59N7O6S/c1-33(44(2,3)4)47-40(53)15-22-55-24-26-57-27-25-56-23-21-50-17-19-51(20-18-50)39-14-13-36(30-46-39)35-11-12-37(38(29-35)32-52)31-49(5)41(34-9-7-6-8-10-34)42(54)48-43-45-16-28-58-43/h6-14,16,28-30,32-33,41H,15,17-27,31H2,1-5H3,(H,47,53)(H,45,48,54). The van der Waals surface area contributed by atoms with Crippen LogP contribution in [0.5, 0.6) is 0 Å². The van der Waals surface area contributed by atoms with Crippen LogP contribution in [0.15, 0.2) is 78.4 Å². The van der Waals surface area contributed by atoms with Crippen molar-refractivity contribution in [3.8, 4) is 11.1 Å². The van der Waals surface area contributed by atoms with E-state index in [1.165, 1.54) is 11.3 Å². The van der Waals surface area contributed by atoms with Gasteiger partial charge in [-0.05, 0) is 54.3 Å². The molecular formula is C44H59N7O6S. The molecule has 2 aromatic heterocycles. The van der Waals surface area contributed by atoms with Crippen molar-refractivity contribution >= 4 is 40.4 Å². The van der Waals surface area contributed by atoms with E-state index in [1.54, 1.807) is 6.20 Å². The maximum Gasteiger partial charge on any atom is 0.248 e. The number of nitrogens with zero attached hydrogens (tertiary/aromatic N) is 5. The number of thiazole rings is 1. The summed E-state index contributed by atoms with van der Waals surface area (Å²) in [5.41, 5.74) is 4.10. The summed E-state index contributed by atoms with van der Waals surface area (Å²) in [6.07, 6.45) is 4.74. The highest BCUT2D eigenvalue weighted by molar-refractivity contribution is 7.13. The van der Waals surface area contributed by atoms with Crippen LogP contribution in [0, 0.1) is 5.41 Å². The van der Waals surface area contributed by atoms with Crippen LogP contribution < -0.4 is 15.5 Å². The zero-order chi connectivity index (χ0) is 41.3. The number of hydrogen-bond donors (Lipinski definition) is 2. The third-order valence-corrected chi connectivity index (χ3v) is 11.1. The monoisotopic (exact) mass is 813 g/mol. The van der Waals surface area contributed by atoms with Crippen LogP contribution in [0.4, 0.5) is 10.9 Å². The minimum atomic E-state index is -0.583. The van der Waals surface area contributed by atoms with E-state index in [-0.39, 0.29) is 23.3 Å². The molecule has 1 saturated heterocycles. The molecule has 0 saturated carbocycles. The van der Waals surface area contributed by atoms with E-state index >= 15 is 0 Å². The fraction of sp³-hybridized carbons (Fsp3) is 0.477. The molecule has 0 bridgehead atoms. The van der Waals surface area contributed by atoms with E-state index < -0.39 is 6.04 Å². The molecule has 13 nitrogen and oxygen atoms in total. The number of amides is 2. The molecule has 1 aliphatic rings. The van der Waals surface area contributed by atoms with Gasteiger partial charge in [0, 0.05) is 80.6 Å². The minimum Gasteiger partial charge on any atom is -0.379 e. The molecule has 0 aliphatic carbocycles. The normalized spacial score (nSPS) is 14.6. The van der Waals surface area contributed by atoms with Crippen molar-refractivity contribution in [3.05, 3.63) is 95.1 Å². The van der Waals surface area contributed by atoms with Crippen LogP contribution in [0.1, 0.15) is 61.6 Å². The Morgan fingerprint density at radius 3 is 2.22 bits per heavy atom. The predicted octanol–water partition coefficient (Wildman–Crippen LogP) is 5.94. The van der Waals surface area contributed by atoms with Crippen molar-refractivity contribution in [2.75, 3.05) is 89.6 Å². The van der Waals surface area contributed by atoms with Crippen molar-refractivity contribution in [3.63, 3.8) is 0 Å². The van der Waals surface area contributed by atoms with Crippen molar-refractivity contribution < 1.29 is 28.6 Å². The van der Waals surface area contributed by atoms with E-state index in [9.17, 15) is 14.4 Å². The van der Waals surface area contributed by atoms with Gasteiger partial charge < -0.3 is 29.7 Å². The van der Waals surface area contributed by atoms with Gasteiger partial charge in [-0.1, -0.05) is 63.2 Å². The lowest BCUT2D eigenvalue weighted by atomic mass is 9.88. The Hall–Kier alpha value is -4.57. The Morgan fingerprint density at radius 2 is 1.59 bits per heavy atom. The van der Waals surface area contributed by atoms with Crippen LogP contribution >= 0.6 is 11.3 Å². The van der Waals surface area contributed by atoms with E-state index in [0.717, 1.165) is 67.1 Å². The quantitative estimate of drug-likeness (QED) is 0.0721. The second-order valence-electron chi connectivity index (χ2n) is 15.6. The molecule has 14 heteroatoms. The van der Waals surface area contributed by atoms with Crippen molar-refractivity contribution in [1.82, 2.24) is 25.1 Å². The summed E-state index contributed by atoms with van der Waals surface area (Å²) in [7, 11) is 1.89. The van der Waals surface area contributed by atoms with Gasteiger partial charge in [0.2, 0.25) is 11.8 Å². The molecule has 58 heavy (non-hydrogen) atoms. The first-order valence-corrected chi connectivity index (χ1v) is 20.9. The Kier molecular flexibility index (Phi) is 17.3. The number of anilines is 2. The molecule has 1 aliphatic heterocycles. The van der Waals surface area contributed by atoms with Gasteiger partial charge in [0.25, 0.3) is 0 Å². The molecule has 2 amide bonds. The molecule has 312 valence electrons. The van der Waals surface area contributed by atoms with Gasteiger partial charge in [-0.3, -0.25) is 24.2 Å². The lowest BCUT2D eigenvalue weighted by molar-refractivity contribution is -0.123. The van der Waals surface area contributed by atoms with Crippen molar-refractivity contribution in [2.24, 2.45) is 5.41 Å². The number of piperazine rings is 1. The fourth-order valence-corrected chi connectivity index (χ4v) is 7.00. The number of rotatable bonds is 22. The SMILES string of the molecule is CC(NC(=O)CCOCCOCCOCCN1CCN(c2ccc(-c3ccc(CN(C)C(C(=O)Nc4nccs4)c4ccccc4)c(C=O)c3)cn2)CC1)C(C)(C)C. The number of carbonyl (C=O) groups is 3. The molecule has 3 heterocycles. The van der Waals surface area contributed by atoms with E-state index in [2.05, 4.69) is 52.3 Å². The van der Waals surface area contributed by atoms with Crippen LogP contribution in [-0.2, 0) is 30.3 Å². The van der Waals surface area contributed by atoms with Crippen LogP contribution in [0.25, 0.3) is 11.1 Å². The highest BCUT2D eigenvalue weighted by Crippen LogP contribution is 2.28. The van der Waals surface area contributed by atoms with Gasteiger partial charge in [0.05, 0.1) is 39.6 Å². The molecule has 2 unspecified atom stereocenters. The van der Waals surface area contributed by atoms with E-state index in [0.29, 0.717) is 63.3 Å². The molecule has 2 atom stereocenters. The number of pyridine rings is 1. The molecule has 5 rings (SSSR count). The first kappa shape index (κ1) is 44.5. The number of ether oxygens (including phenoxy) is 3. The first-order valence-electron chi connectivity index (χ1n) is 20.0. The molecule has 2 aromatic carbocycles. The highest BCUT2D eigenvalue weighted by atomic mass is 32.1. The van der Waals surface area contributed by atoms with Gasteiger partial charge >= 0.3 is 0 Å². The lowest BCUT2D eigenvalue weighted by Gasteiger charge is -2.35. The smallest absolute Gasteiger partial charge is 0.248 e. The molecule has 0 radical (unpaired) electrons. The lowest BCUT2D eigenvalue weighted by Crippen LogP contribution is -2.47. The average Bonchev–Trinajstić information content (AvgIpc) is 3.73. The summed E-state index contributed by atoms with van der Waals surface area (Å²) < 4.78 is 16.9. The topological polar surface area (TPSA) is 138 Å². The van der Waals surface area contributed by atoms with Crippen molar-refractivity contribution in [1.29, 1.82) is 0 Å². The Bertz CT molecular complexity index is 1850. The third kappa shape index (κ3) is 13.8. The first-order chi connectivity index (χ1) is 28.0. The largest absolute Gasteiger partial charge is 0.379 e. The number of likely N-dealkylation sites (N-methyl/N-ethyl adjacent to an activating group) is 1. The number of aromatic nitrogens is 2. The Balaban J connectivity index is 0.996. The van der Waals surface area contributed by atoms with Crippen LogP contribution in [-0.4, -0.2) is 123 Å². The maximum atomic E-state index is 13.5. The average molecular weight is 814 g/mol. The van der Waals surface area contributed by atoms with Crippen LogP contribution in [0.3, 0.4) is 0 Å². The van der Waals surface area contributed by atoms with E-state index in [4.69, 9.17) is 19.2 Å². The summed E-state index contributed by atoms with van der Waals surface area (Å²) in [5, 5.41) is 8.31. The van der Waals surface area contributed by atoms with Gasteiger partial charge in [-0.15, -0.1) is 11.3 Å². The Labute approximate surface area is 347 Å². The number of nitrogens with one attached hydrogen (secondary N) is 2. The zero-order valence-corrected chi connectivity index (χ0v) is 35.3. The summed E-state index contributed by atoms with van der Waals surface area (Å²) in [6, 6.07) is 19.1. The summed E-state index contributed by atoms with van der Waals surface area (Å²) in [4.78, 5) is 53.5. The second-order valence-corrected chi connectivity index (χ2v) is 16.5. The Morgan fingerprint density at radius 1 is 0.897 bits per heavy atom. The fourth-order valence-electron chi connectivity index (χ4n) is 6.46. The summed E-state index contributed by atoms with van der Waals surface area (Å²) in [5.74, 6) is 0.745. The van der Waals surface area contributed by atoms with Crippen molar-refractivity contribution in [2.45, 2.75) is 52.7 Å².